The van der Waals surface area contributed by atoms with Crippen molar-refractivity contribution < 1.29 is 9.53 Å². The first-order valence-electron chi connectivity index (χ1n) is 12.0. The molecule has 3 aromatic rings. The van der Waals surface area contributed by atoms with Gasteiger partial charge >= 0.3 is 0 Å². The van der Waals surface area contributed by atoms with E-state index in [2.05, 4.69) is 68.5 Å². The Morgan fingerprint density at radius 2 is 1.60 bits per heavy atom. The van der Waals surface area contributed by atoms with Gasteiger partial charge in [-0.3, -0.25) is 9.69 Å². The van der Waals surface area contributed by atoms with E-state index < -0.39 is 0 Å². The Hall–Kier alpha value is -3.22. The van der Waals surface area contributed by atoms with Gasteiger partial charge in [-0.1, -0.05) is 41.9 Å². The summed E-state index contributed by atoms with van der Waals surface area (Å²) in [6.07, 6.45) is 0. The second-order valence-corrected chi connectivity index (χ2v) is 9.34. The van der Waals surface area contributed by atoms with Crippen molar-refractivity contribution in [3.63, 3.8) is 0 Å². The monoisotopic (exact) mass is 492 g/mol. The Labute approximate surface area is 213 Å². The van der Waals surface area contributed by atoms with Crippen molar-refractivity contribution in [3.05, 3.63) is 89.4 Å². The van der Waals surface area contributed by atoms with E-state index in [0.29, 0.717) is 17.3 Å². The highest BCUT2D eigenvalue weighted by atomic mass is 35.5. The lowest BCUT2D eigenvalue weighted by atomic mass is 10.0. The molecule has 4 rings (SSSR count). The Balaban J connectivity index is 1.39. The number of para-hydroxylation sites is 1. The molecule has 0 aromatic heterocycles. The van der Waals surface area contributed by atoms with Crippen LogP contribution in [-0.4, -0.2) is 64.2 Å². The minimum absolute atomic E-state index is 0.0320. The predicted molar refractivity (Wildman–Crippen MR) is 144 cm³/mol. The molecule has 0 spiro atoms. The quantitative estimate of drug-likeness (QED) is 0.477. The molecule has 6 nitrogen and oxygen atoms in total. The topological polar surface area (TPSA) is 48.1 Å². The molecule has 1 aliphatic heterocycles. The van der Waals surface area contributed by atoms with E-state index in [-0.39, 0.29) is 18.6 Å². The highest BCUT2D eigenvalue weighted by Gasteiger charge is 2.26. The number of piperazine rings is 1. The number of nitrogens with one attached hydrogen (secondary N) is 1. The number of amides is 1. The number of carbonyl (C=O) groups excluding carboxylic acids is 1. The van der Waals surface area contributed by atoms with Crippen molar-refractivity contribution in [2.24, 2.45) is 0 Å². The van der Waals surface area contributed by atoms with Gasteiger partial charge in [0.15, 0.2) is 6.61 Å². The van der Waals surface area contributed by atoms with Crippen LogP contribution in [0.5, 0.6) is 5.75 Å². The molecular weight excluding hydrogens is 460 g/mol. The molecule has 3 aromatic carbocycles. The molecule has 1 saturated heterocycles. The maximum Gasteiger partial charge on any atom is 0.258 e. The molecule has 1 amide bonds. The van der Waals surface area contributed by atoms with Gasteiger partial charge in [0, 0.05) is 63.2 Å². The van der Waals surface area contributed by atoms with E-state index in [1.807, 2.05) is 20.2 Å². The molecule has 0 bridgehead atoms. The summed E-state index contributed by atoms with van der Waals surface area (Å²) < 4.78 is 5.61. The number of carbonyl (C=O) groups is 1. The van der Waals surface area contributed by atoms with E-state index in [1.54, 1.807) is 24.3 Å². The number of ether oxygens (including phenoxy) is 1. The van der Waals surface area contributed by atoms with E-state index >= 15 is 0 Å². The van der Waals surface area contributed by atoms with Crippen LogP contribution < -0.4 is 19.9 Å². The lowest BCUT2D eigenvalue weighted by Crippen LogP contribution is -2.50. The van der Waals surface area contributed by atoms with Crippen molar-refractivity contribution in [3.8, 4) is 5.75 Å². The number of hydrogen-bond donors (Lipinski definition) is 1. The summed E-state index contributed by atoms with van der Waals surface area (Å²) in [5.74, 6) is 0.482. The van der Waals surface area contributed by atoms with Crippen LogP contribution in [0.3, 0.4) is 0 Å². The zero-order valence-electron chi connectivity index (χ0n) is 20.4. The second kappa shape index (κ2) is 12.0. The van der Waals surface area contributed by atoms with Crippen LogP contribution in [-0.2, 0) is 4.79 Å². The molecule has 1 fully saturated rings. The fraction of sp³-hybridized carbons (Fsp3) is 0.321. The van der Waals surface area contributed by atoms with Crippen molar-refractivity contribution in [2.45, 2.75) is 6.04 Å². The average Bonchev–Trinajstić information content (AvgIpc) is 2.89. The molecular formula is C28H33ClN4O2. The maximum atomic E-state index is 12.6. The van der Waals surface area contributed by atoms with Gasteiger partial charge in [-0.25, -0.2) is 0 Å². The number of benzene rings is 3. The Morgan fingerprint density at radius 3 is 2.23 bits per heavy atom. The number of halogens is 1. The summed E-state index contributed by atoms with van der Waals surface area (Å²) in [6.45, 7) is 4.23. The first-order valence-corrected chi connectivity index (χ1v) is 12.3. The summed E-state index contributed by atoms with van der Waals surface area (Å²) >= 11 is 5.92. The molecule has 7 heteroatoms. The smallest absolute Gasteiger partial charge is 0.258 e. The fourth-order valence-electron chi connectivity index (χ4n) is 4.32. The van der Waals surface area contributed by atoms with Crippen LogP contribution in [0.1, 0.15) is 11.6 Å². The molecule has 35 heavy (non-hydrogen) atoms. The summed E-state index contributed by atoms with van der Waals surface area (Å²) in [4.78, 5) is 19.6. The number of nitrogens with zero attached hydrogens (tertiary/aromatic N) is 3. The van der Waals surface area contributed by atoms with Crippen LogP contribution in [0.25, 0.3) is 0 Å². The summed E-state index contributed by atoms with van der Waals surface area (Å²) in [5, 5.41) is 3.72. The van der Waals surface area contributed by atoms with Gasteiger partial charge in [-0.2, -0.15) is 0 Å². The fourth-order valence-corrected chi connectivity index (χ4v) is 4.45. The van der Waals surface area contributed by atoms with E-state index in [4.69, 9.17) is 16.3 Å². The molecule has 184 valence electrons. The van der Waals surface area contributed by atoms with Crippen LogP contribution >= 0.6 is 11.6 Å². The molecule has 1 atom stereocenters. The van der Waals surface area contributed by atoms with Crippen molar-refractivity contribution in [1.29, 1.82) is 0 Å². The largest absolute Gasteiger partial charge is 0.484 e. The zero-order valence-corrected chi connectivity index (χ0v) is 21.1. The maximum absolute atomic E-state index is 12.6. The Bertz CT molecular complexity index is 1070. The van der Waals surface area contributed by atoms with Crippen molar-refractivity contribution >= 4 is 28.9 Å². The third-order valence-electron chi connectivity index (χ3n) is 6.35. The summed E-state index contributed by atoms with van der Waals surface area (Å²) in [7, 11) is 4.08. The van der Waals surface area contributed by atoms with Gasteiger partial charge < -0.3 is 19.9 Å². The number of rotatable bonds is 9. The van der Waals surface area contributed by atoms with Gasteiger partial charge in [-0.05, 0) is 54.1 Å². The van der Waals surface area contributed by atoms with Crippen LogP contribution in [0.4, 0.5) is 11.4 Å². The number of anilines is 2. The van der Waals surface area contributed by atoms with E-state index in [1.165, 1.54) is 11.3 Å². The molecule has 1 N–H and O–H groups in total. The van der Waals surface area contributed by atoms with Gasteiger partial charge in [0.25, 0.3) is 5.91 Å². The first-order chi connectivity index (χ1) is 17.0. The van der Waals surface area contributed by atoms with Crippen LogP contribution in [0, 0.1) is 0 Å². The molecule has 0 aliphatic carbocycles. The van der Waals surface area contributed by atoms with Crippen molar-refractivity contribution in [1.82, 2.24) is 10.2 Å². The lowest BCUT2D eigenvalue weighted by molar-refractivity contribution is -0.123. The normalized spacial score (nSPS) is 14.9. The Kier molecular flexibility index (Phi) is 8.50. The molecule has 0 unspecified atom stereocenters. The minimum atomic E-state index is -0.141. The third-order valence-corrected chi connectivity index (χ3v) is 6.60. The highest BCUT2D eigenvalue weighted by Crippen LogP contribution is 2.26. The van der Waals surface area contributed by atoms with Crippen LogP contribution in [0.15, 0.2) is 78.9 Å². The van der Waals surface area contributed by atoms with Gasteiger partial charge in [0.1, 0.15) is 5.75 Å². The molecule has 1 heterocycles. The minimum Gasteiger partial charge on any atom is -0.484 e. The first kappa shape index (κ1) is 24.9. The van der Waals surface area contributed by atoms with E-state index in [0.717, 1.165) is 31.9 Å². The average molecular weight is 493 g/mol. The number of hydrogen-bond acceptors (Lipinski definition) is 5. The molecule has 0 saturated carbocycles. The molecule has 1 aliphatic rings. The summed E-state index contributed by atoms with van der Waals surface area (Å²) in [5.41, 5.74) is 3.61. The third kappa shape index (κ3) is 6.90. The van der Waals surface area contributed by atoms with Gasteiger partial charge in [0.2, 0.25) is 0 Å². The Morgan fingerprint density at radius 1 is 0.943 bits per heavy atom. The second-order valence-electron chi connectivity index (χ2n) is 8.91. The molecule has 0 radical (unpaired) electrons. The van der Waals surface area contributed by atoms with Gasteiger partial charge in [-0.15, -0.1) is 0 Å². The highest BCUT2D eigenvalue weighted by molar-refractivity contribution is 6.30. The van der Waals surface area contributed by atoms with Crippen molar-refractivity contribution in [2.75, 3.05) is 63.2 Å². The van der Waals surface area contributed by atoms with E-state index in [9.17, 15) is 4.79 Å². The summed E-state index contributed by atoms with van der Waals surface area (Å²) in [6, 6.07) is 26.2. The van der Waals surface area contributed by atoms with Crippen LogP contribution in [0.2, 0.25) is 5.02 Å². The SMILES string of the molecule is CN(C)c1ccc([C@@H](CNC(=O)COc2ccc(Cl)cc2)N2CCN(c3ccccc3)CC2)cc1. The lowest BCUT2D eigenvalue weighted by Gasteiger charge is -2.40. The van der Waals surface area contributed by atoms with Gasteiger partial charge in [0.05, 0.1) is 6.04 Å². The standard InChI is InChI=1S/C28H33ClN4O2/c1-31(2)24-12-8-22(9-13-24)27(20-30-28(34)21-35-26-14-10-23(29)11-15-26)33-18-16-32(17-19-33)25-6-4-3-5-7-25/h3-15,27H,16-21H2,1-2H3,(H,30,34)/t27-/m1/s1. The predicted octanol–water partition coefficient (Wildman–Crippen LogP) is 4.46. The zero-order chi connectivity index (χ0) is 24.6.